The van der Waals surface area contributed by atoms with Gasteiger partial charge in [-0.25, -0.2) is 0 Å². The van der Waals surface area contributed by atoms with Crippen molar-refractivity contribution in [2.45, 2.75) is 38.6 Å². The van der Waals surface area contributed by atoms with Crippen molar-refractivity contribution in [1.29, 1.82) is 0 Å². The minimum atomic E-state index is 0.217. The Bertz CT molecular complexity index is 284. The van der Waals surface area contributed by atoms with Gasteiger partial charge in [-0.1, -0.05) is 37.6 Å². The highest BCUT2D eigenvalue weighted by Crippen LogP contribution is 2.19. The fraction of sp³-hybridized carbons (Fsp3) is 0.538. The molecule has 0 spiro atoms. The predicted molar refractivity (Wildman–Crippen MR) is 70.5 cm³/mol. The van der Waals surface area contributed by atoms with Gasteiger partial charge in [-0.2, -0.15) is 0 Å². The average Bonchev–Trinajstić information content (AvgIpc) is 2.32. The smallest absolute Gasteiger partial charge is 0.0460 e. The van der Waals surface area contributed by atoms with E-state index in [2.05, 4.69) is 36.6 Å². The molecule has 0 fully saturated rings. The van der Waals surface area contributed by atoms with Crippen LogP contribution in [0, 0.1) is 0 Å². The van der Waals surface area contributed by atoms with E-state index < -0.39 is 0 Å². The first-order chi connectivity index (χ1) is 7.81. The van der Waals surface area contributed by atoms with E-state index in [-0.39, 0.29) is 6.04 Å². The third-order valence-corrected chi connectivity index (χ3v) is 3.02. The lowest BCUT2D eigenvalue weighted by Gasteiger charge is -2.16. The number of nitrogens with one attached hydrogen (secondary N) is 1. The normalized spacial score (nSPS) is 12.7. The summed E-state index contributed by atoms with van der Waals surface area (Å²) >= 11 is 5.69. The number of halogens is 1. The van der Waals surface area contributed by atoms with E-state index in [0.29, 0.717) is 5.88 Å². The Balaban J connectivity index is 2.62. The zero-order valence-electron chi connectivity index (χ0n) is 9.88. The van der Waals surface area contributed by atoms with Crippen molar-refractivity contribution in [3.05, 3.63) is 35.4 Å². The molecule has 0 aliphatic rings. The van der Waals surface area contributed by atoms with E-state index in [4.69, 9.17) is 17.4 Å². The number of hydrogen-bond acceptors (Lipinski definition) is 2. The van der Waals surface area contributed by atoms with Gasteiger partial charge in [0, 0.05) is 11.9 Å². The summed E-state index contributed by atoms with van der Waals surface area (Å²) in [6.07, 6.45) is 4.28. The summed E-state index contributed by atoms with van der Waals surface area (Å²) in [5.74, 6) is 6.24. The van der Waals surface area contributed by atoms with Crippen LogP contribution in [0.2, 0.25) is 0 Å². The lowest BCUT2D eigenvalue weighted by molar-refractivity contribution is 0.511. The highest BCUT2D eigenvalue weighted by Gasteiger charge is 2.08. The summed E-state index contributed by atoms with van der Waals surface area (Å²) < 4.78 is 0. The Kier molecular flexibility index (Phi) is 6.46. The number of alkyl halides is 1. The van der Waals surface area contributed by atoms with Gasteiger partial charge in [0.15, 0.2) is 0 Å². The van der Waals surface area contributed by atoms with E-state index in [9.17, 15) is 0 Å². The molecule has 1 aromatic rings. The van der Waals surface area contributed by atoms with Gasteiger partial charge in [-0.3, -0.25) is 11.3 Å². The van der Waals surface area contributed by atoms with Crippen LogP contribution < -0.4 is 11.3 Å². The van der Waals surface area contributed by atoms with Crippen LogP contribution >= 0.6 is 11.6 Å². The largest absolute Gasteiger partial charge is 0.271 e. The number of hydrazine groups is 1. The molecular weight excluding hydrogens is 220 g/mol. The molecule has 0 aliphatic heterocycles. The molecule has 1 aromatic carbocycles. The molecule has 0 bridgehead atoms. The molecule has 16 heavy (non-hydrogen) atoms. The molecule has 0 aliphatic carbocycles. The van der Waals surface area contributed by atoms with Gasteiger partial charge in [-0.05, 0) is 30.4 Å². The van der Waals surface area contributed by atoms with Crippen molar-refractivity contribution in [3.63, 3.8) is 0 Å². The van der Waals surface area contributed by atoms with Crippen molar-refractivity contribution in [2.75, 3.05) is 5.88 Å². The van der Waals surface area contributed by atoms with Gasteiger partial charge in [0.25, 0.3) is 0 Å². The molecule has 0 saturated carbocycles. The molecule has 0 heterocycles. The van der Waals surface area contributed by atoms with Gasteiger partial charge in [0.1, 0.15) is 0 Å². The van der Waals surface area contributed by atoms with E-state index >= 15 is 0 Å². The van der Waals surface area contributed by atoms with Crippen LogP contribution in [0.4, 0.5) is 0 Å². The molecular formula is C13H21ClN2. The van der Waals surface area contributed by atoms with Gasteiger partial charge >= 0.3 is 0 Å². The first kappa shape index (κ1) is 13.5. The van der Waals surface area contributed by atoms with Crippen LogP contribution in [0.1, 0.15) is 43.4 Å². The standard InChI is InChI=1S/C13H21ClN2/c1-2-4-11-6-8-12(9-7-11)13(16-15)5-3-10-14/h6-9,13,16H,2-5,10,15H2,1H3. The topological polar surface area (TPSA) is 38.0 Å². The fourth-order valence-corrected chi connectivity index (χ4v) is 1.99. The maximum atomic E-state index is 5.69. The second-order valence-electron chi connectivity index (χ2n) is 4.04. The monoisotopic (exact) mass is 240 g/mol. The number of benzene rings is 1. The van der Waals surface area contributed by atoms with E-state index in [1.165, 1.54) is 17.5 Å². The molecule has 2 nitrogen and oxygen atoms in total. The third-order valence-electron chi connectivity index (χ3n) is 2.75. The van der Waals surface area contributed by atoms with Gasteiger partial charge in [-0.15, -0.1) is 11.6 Å². The molecule has 0 aromatic heterocycles. The SMILES string of the molecule is CCCc1ccc(C(CCCCl)NN)cc1. The molecule has 90 valence electrons. The second kappa shape index (κ2) is 7.66. The first-order valence-electron chi connectivity index (χ1n) is 5.92. The van der Waals surface area contributed by atoms with Crippen molar-refractivity contribution >= 4 is 11.6 Å². The Morgan fingerprint density at radius 2 is 2.00 bits per heavy atom. The highest BCUT2D eigenvalue weighted by atomic mass is 35.5. The zero-order chi connectivity index (χ0) is 11.8. The molecule has 1 atom stereocenters. The maximum Gasteiger partial charge on any atom is 0.0460 e. The molecule has 0 radical (unpaired) electrons. The van der Waals surface area contributed by atoms with Crippen molar-refractivity contribution < 1.29 is 0 Å². The van der Waals surface area contributed by atoms with Crippen molar-refractivity contribution in [2.24, 2.45) is 5.84 Å². The summed E-state index contributed by atoms with van der Waals surface area (Å²) in [5, 5.41) is 0. The van der Waals surface area contributed by atoms with E-state index in [0.717, 1.165) is 19.3 Å². The quantitative estimate of drug-likeness (QED) is 0.437. The molecule has 3 heteroatoms. The van der Waals surface area contributed by atoms with Crippen LogP contribution in [0.5, 0.6) is 0 Å². The highest BCUT2D eigenvalue weighted by molar-refractivity contribution is 6.17. The van der Waals surface area contributed by atoms with E-state index in [1.807, 2.05) is 0 Å². The predicted octanol–water partition coefficient (Wildman–Crippen LogP) is 3.16. The van der Waals surface area contributed by atoms with Gasteiger partial charge in [0.2, 0.25) is 0 Å². The summed E-state index contributed by atoms with van der Waals surface area (Å²) in [5.41, 5.74) is 5.48. The van der Waals surface area contributed by atoms with Crippen molar-refractivity contribution in [1.82, 2.24) is 5.43 Å². The Morgan fingerprint density at radius 3 is 2.50 bits per heavy atom. The van der Waals surface area contributed by atoms with Crippen molar-refractivity contribution in [3.8, 4) is 0 Å². The fourth-order valence-electron chi connectivity index (χ4n) is 1.83. The van der Waals surface area contributed by atoms with Gasteiger partial charge < -0.3 is 0 Å². The zero-order valence-corrected chi connectivity index (χ0v) is 10.6. The van der Waals surface area contributed by atoms with Crippen LogP contribution in [-0.4, -0.2) is 5.88 Å². The minimum absolute atomic E-state index is 0.217. The molecule has 1 unspecified atom stereocenters. The number of aryl methyl sites for hydroxylation is 1. The summed E-state index contributed by atoms with van der Waals surface area (Å²) in [6, 6.07) is 8.90. The minimum Gasteiger partial charge on any atom is -0.271 e. The third kappa shape index (κ3) is 4.12. The molecule has 0 amide bonds. The Morgan fingerprint density at radius 1 is 1.31 bits per heavy atom. The molecule has 1 rings (SSSR count). The van der Waals surface area contributed by atoms with Crippen LogP contribution in [0.3, 0.4) is 0 Å². The number of nitrogens with two attached hydrogens (primary N) is 1. The summed E-state index contributed by atoms with van der Waals surface area (Å²) in [7, 11) is 0. The molecule has 0 saturated heterocycles. The second-order valence-corrected chi connectivity index (χ2v) is 4.42. The lowest BCUT2D eigenvalue weighted by atomic mass is 10.0. The molecule has 3 N–H and O–H groups in total. The number of rotatable bonds is 7. The van der Waals surface area contributed by atoms with E-state index in [1.54, 1.807) is 0 Å². The van der Waals surface area contributed by atoms with Gasteiger partial charge in [0.05, 0.1) is 0 Å². The van der Waals surface area contributed by atoms with Crippen LogP contribution in [-0.2, 0) is 6.42 Å². The number of hydrogen-bond donors (Lipinski definition) is 2. The summed E-state index contributed by atoms with van der Waals surface area (Å²) in [6.45, 7) is 2.19. The maximum absolute atomic E-state index is 5.69. The lowest BCUT2D eigenvalue weighted by Crippen LogP contribution is -2.28. The average molecular weight is 241 g/mol. The first-order valence-corrected chi connectivity index (χ1v) is 6.46. The Labute approximate surface area is 103 Å². The Hall–Kier alpha value is -0.570. The van der Waals surface area contributed by atoms with Crippen LogP contribution in [0.15, 0.2) is 24.3 Å². The van der Waals surface area contributed by atoms with Crippen LogP contribution in [0.25, 0.3) is 0 Å². The summed E-state index contributed by atoms with van der Waals surface area (Å²) in [4.78, 5) is 0.